The van der Waals surface area contributed by atoms with Gasteiger partial charge in [0.1, 0.15) is 0 Å². The monoisotopic (exact) mass is 368 g/mol. The van der Waals surface area contributed by atoms with Crippen molar-refractivity contribution in [2.45, 2.75) is 0 Å². The number of methoxy groups -OCH3 is 1. The third kappa shape index (κ3) is 5.00. The second kappa shape index (κ2) is 8.37. The van der Waals surface area contributed by atoms with Crippen LogP contribution >= 0.6 is 23.2 Å². The van der Waals surface area contributed by atoms with Crippen molar-refractivity contribution in [1.82, 2.24) is 4.98 Å². The van der Waals surface area contributed by atoms with E-state index in [-0.39, 0.29) is 6.61 Å². The van der Waals surface area contributed by atoms with Crippen LogP contribution in [0.25, 0.3) is 0 Å². The summed E-state index contributed by atoms with van der Waals surface area (Å²) in [6.45, 7) is -0.230. The average Bonchev–Trinajstić information content (AvgIpc) is 2.55. The molecule has 24 heavy (non-hydrogen) atoms. The zero-order valence-corrected chi connectivity index (χ0v) is 14.1. The molecule has 2 aromatic rings. The molecule has 0 aliphatic heterocycles. The summed E-state index contributed by atoms with van der Waals surface area (Å²) in [6.07, 6.45) is 3.01. The van der Waals surface area contributed by atoms with E-state index in [4.69, 9.17) is 38.4 Å². The fraction of sp³-hybridized carbons (Fsp3) is 0.133. The van der Waals surface area contributed by atoms with Gasteiger partial charge in [0.15, 0.2) is 23.9 Å². The molecule has 0 atom stereocenters. The van der Waals surface area contributed by atoms with Gasteiger partial charge in [-0.15, -0.1) is 0 Å². The Labute approximate surface area is 148 Å². The van der Waals surface area contributed by atoms with E-state index in [1.807, 2.05) is 0 Å². The Morgan fingerprint density at radius 2 is 2.17 bits per heavy atom. The Morgan fingerprint density at radius 3 is 2.83 bits per heavy atom. The number of pyridine rings is 1. The number of halogens is 2. The summed E-state index contributed by atoms with van der Waals surface area (Å²) in [5.41, 5.74) is 8.49. The second-order valence-corrected chi connectivity index (χ2v) is 5.36. The number of amides is 1. The van der Waals surface area contributed by atoms with E-state index in [0.29, 0.717) is 27.4 Å². The van der Waals surface area contributed by atoms with Gasteiger partial charge in [-0.05, 0) is 29.8 Å². The normalized spacial score (nSPS) is 10.6. The van der Waals surface area contributed by atoms with E-state index < -0.39 is 5.91 Å². The molecule has 0 saturated heterocycles. The first-order valence-corrected chi connectivity index (χ1v) is 7.44. The molecule has 0 spiro atoms. The maximum atomic E-state index is 10.8. The smallest absolute Gasteiger partial charge is 0.255 e. The minimum absolute atomic E-state index is 0.230. The molecule has 7 nitrogen and oxygen atoms in total. The number of rotatable bonds is 7. The number of aromatic nitrogens is 1. The van der Waals surface area contributed by atoms with E-state index in [2.05, 4.69) is 15.5 Å². The van der Waals surface area contributed by atoms with Crippen LogP contribution in [0.5, 0.6) is 11.5 Å². The lowest BCUT2D eigenvalue weighted by molar-refractivity contribution is -0.119. The molecule has 0 radical (unpaired) electrons. The number of carbonyl (C=O) groups excluding carboxylic acids is 1. The molecular weight excluding hydrogens is 355 g/mol. The first kappa shape index (κ1) is 17.8. The fourth-order valence-electron chi connectivity index (χ4n) is 1.70. The number of nitrogens with two attached hydrogens (primary N) is 1. The number of anilines is 1. The molecule has 126 valence electrons. The van der Waals surface area contributed by atoms with Crippen LogP contribution in [0.15, 0.2) is 35.6 Å². The van der Waals surface area contributed by atoms with Crippen LogP contribution in [0.1, 0.15) is 5.56 Å². The molecule has 0 aliphatic carbocycles. The third-order valence-corrected chi connectivity index (χ3v) is 3.24. The largest absolute Gasteiger partial charge is 0.493 e. The molecule has 9 heteroatoms. The van der Waals surface area contributed by atoms with E-state index in [1.54, 1.807) is 30.5 Å². The van der Waals surface area contributed by atoms with Gasteiger partial charge in [0.05, 0.1) is 23.4 Å². The molecular formula is C15H14Cl2N4O3. The topological polar surface area (TPSA) is 98.8 Å². The van der Waals surface area contributed by atoms with Crippen molar-refractivity contribution in [3.05, 3.63) is 46.1 Å². The summed E-state index contributed by atoms with van der Waals surface area (Å²) < 4.78 is 10.5. The van der Waals surface area contributed by atoms with E-state index in [9.17, 15) is 4.79 Å². The second-order valence-electron chi connectivity index (χ2n) is 4.52. The Hall–Kier alpha value is -2.51. The van der Waals surface area contributed by atoms with Gasteiger partial charge in [-0.3, -0.25) is 10.2 Å². The maximum Gasteiger partial charge on any atom is 0.255 e. The first-order valence-electron chi connectivity index (χ1n) is 6.69. The number of ether oxygens (including phenoxy) is 2. The van der Waals surface area contributed by atoms with Crippen molar-refractivity contribution in [3.8, 4) is 11.5 Å². The van der Waals surface area contributed by atoms with Gasteiger partial charge in [0.2, 0.25) is 0 Å². The summed E-state index contributed by atoms with van der Waals surface area (Å²) in [4.78, 5) is 14.8. The highest BCUT2D eigenvalue weighted by Gasteiger charge is 2.06. The van der Waals surface area contributed by atoms with Gasteiger partial charge in [-0.1, -0.05) is 23.2 Å². The van der Waals surface area contributed by atoms with E-state index in [0.717, 1.165) is 5.56 Å². The van der Waals surface area contributed by atoms with Gasteiger partial charge in [-0.25, -0.2) is 4.98 Å². The van der Waals surface area contributed by atoms with E-state index >= 15 is 0 Å². The van der Waals surface area contributed by atoms with Crippen LogP contribution in [0.3, 0.4) is 0 Å². The van der Waals surface area contributed by atoms with E-state index in [1.165, 1.54) is 13.3 Å². The zero-order chi connectivity index (χ0) is 17.5. The molecule has 0 unspecified atom stereocenters. The Bertz CT molecular complexity index is 768. The number of hydrogen-bond acceptors (Lipinski definition) is 6. The standard InChI is InChI=1S/C15H14Cl2N4O3/c1-23-13-4-9(2-3-12(13)24-8-14(18)22)6-20-21-15-11(17)5-10(16)7-19-15/h2-7H,8H2,1H3,(H2,18,22)(H,19,21)/b20-6-. The van der Waals surface area contributed by atoms with Gasteiger partial charge in [0, 0.05) is 6.20 Å². The van der Waals surface area contributed by atoms with Crippen molar-refractivity contribution >= 4 is 41.1 Å². The number of nitrogens with one attached hydrogen (secondary N) is 1. The lowest BCUT2D eigenvalue weighted by Gasteiger charge is -2.09. The third-order valence-electron chi connectivity index (χ3n) is 2.75. The van der Waals surface area contributed by atoms with Crippen molar-refractivity contribution in [1.29, 1.82) is 0 Å². The van der Waals surface area contributed by atoms with Crippen molar-refractivity contribution in [2.75, 3.05) is 19.1 Å². The average molecular weight is 369 g/mol. The predicted octanol–water partition coefficient (Wildman–Crippen LogP) is 2.71. The van der Waals surface area contributed by atoms with Crippen LogP contribution < -0.4 is 20.6 Å². The molecule has 0 saturated carbocycles. The highest BCUT2D eigenvalue weighted by molar-refractivity contribution is 6.35. The minimum Gasteiger partial charge on any atom is -0.493 e. The summed E-state index contributed by atoms with van der Waals surface area (Å²) in [7, 11) is 1.49. The quantitative estimate of drug-likeness (QED) is 0.578. The maximum absolute atomic E-state index is 10.8. The summed E-state index contributed by atoms with van der Waals surface area (Å²) in [6, 6.07) is 6.64. The van der Waals surface area contributed by atoms with Crippen molar-refractivity contribution in [3.63, 3.8) is 0 Å². The van der Waals surface area contributed by atoms with Gasteiger partial charge >= 0.3 is 0 Å². The molecule has 2 rings (SSSR count). The summed E-state index contributed by atoms with van der Waals surface area (Å²) >= 11 is 11.8. The number of benzene rings is 1. The number of nitrogens with zero attached hydrogens (tertiary/aromatic N) is 2. The zero-order valence-electron chi connectivity index (χ0n) is 12.6. The Balaban J connectivity index is 2.07. The lowest BCUT2D eigenvalue weighted by Crippen LogP contribution is -2.20. The van der Waals surface area contributed by atoms with Crippen molar-refractivity contribution in [2.24, 2.45) is 10.8 Å². The molecule has 1 heterocycles. The van der Waals surface area contributed by atoms with Gasteiger partial charge in [0.25, 0.3) is 5.91 Å². The predicted molar refractivity (Wildman–Crippen MR) is 93.2 cm³/mol. The highest BCUT2D eigenvalue weighted by atomic mass is 35.5. The number of hydrogen-bond donors (Lipinski definition) is 2. The first-order chi connectivity index (χ1) is 11.5. The molecule has 0 aliphatic rings. The molecule has 0 fully saturated rings. The summed E-state index contributed by atoms with van der Waals surface area (Å²) in [5, 5.41) is 4.84. The number of hydrazone groups is 1. The fourth-order valence-corrected chi connectivity index (χ4v) is 2.12. The summed E-state index contributed by atoms with van der Waals surface area (Å²) in [5.74, 6) is 0.664. The van der Waals surface area contributed by atoms with Gasteiger partial charge in [-0.2, -0.15) is 5.10 Å². The molecule has 1 amide bonds. The highest BCUT2D eigenvalue weighted by Crippen LogP contribution is 2.27. The Kier molecular flexibility index (Phi) is 6.22. The van der Waals surface area contributed by atoms with Crippen molar-refractivity contribution < 1.29 is 14.3 Å². The SMILES string of the molecule is COc1cc(/C=N\Nc2ncc(Cl)cc2Cl)ccc1OCC(N)=O. The van der Waals surface area contributed by atoms with Crippen LogP contribution in [0, 0.1) is 0 Å². The minimum atomic E-state index is -0.570. The lowest BCUT2D eigenvalue weighted by atomic mass is 10.2. The van der Waals surface area contributed by atoms with Gasteiger partial charge < -0.3 is 15.2 Å². The Morgan fingerprint density at radius 1 is 1.38 bits per heavy atom. The molecule has 1 aromatic carbocycles. The molecule has 1 aromatic heterocycles. The molecule has 3 N–H and O–H groups in total. The van der Waals surface area contributed by atoms with Crippen LogP contribution in [-0.2, 0) is 4.79 Å². The van der Waals surface area contributed by atoms with Crippen LogP contribution in [0.4, 0.5) is 5.82 Å². The number of primary amides is 1. The molecule has 0 bridgehead atoms. The number of carbonyl (C=O) groups is 1. The van der Waals surface area contributed by atoms with Crippen LogP contribution in [-0.4, -0.2) is 30.8 Å². The van der Waals surface area contributed by atoms with Crippen LogP contribution in [0.2, 0.25) is 10.0 Å².